The molecule has 0 aliphatic heterocycles. The fourth-order valence-electron chi connectivity index (χ4n) is 2.86. The minimum absolute atomic E-state index is 0.166. The van der Waals surface area contributed by atoms with Crippen molar-refractivity contribution >= 4 is 21.9 Å². The average Bonchev–Trinajstić information content (AvgIpc) is 2.96. The molecule has 4 rings (SSSR count). The van der Waals surface area contributed by atoms with Gasteiger partial charge >= 0.3 is 0 Å². The zero-order chi connectivity index (χ0) is 15.4. The first-order chi connectivity index (χ1) is 10.5. The maximum absolute atomic E-state index is 9.59. The number of rotatable bonds is 1. The van der Waals surface area contributed by atoms with Gasteiger partial charge in [-0.15, -0.1) is 0 Å². The van der Waals surface area contributed by atoms with Crippen molar-refractivity contribution in [1.29, 1.82) is 0 Å². The molecule has 110 valence electrons. The van der Waals surface area contributed by atoms with Crippen molar-refractivity contribution in [3.63, 3.8) is 0 Å². The van der Waals surface area contributed by atoms with Crippen LogP contribution in [-0.2, 0) is 0 Å². The summed E-state index contributed by atoms with van der Waals surface area (Å²) in [5.74, 6) is 1.63. The quantitative estimate of drug-likeness (QED) is 0.525. The molecular weight excluding hydrogens is 280 g/mol. The smallest absolute Gasteiger partial charge is 0.173 e. The highest BCUT2D eigenvalue weighted by Gasteiger charge is 2.20. The topological polar surface area (TPSA) is 66.7 Å². The summed E-state index contributed by atoms with van der Waals surface area (Å²) in [7, 11) is 0. The van der Waals surface area contributed by atoms with Crippen molar-refractivity contribution in [3.8, 4) is 23.0 Å². The lowest BCUT2D eigenvalue weighted by molar-refractivity contribution is 0.473. The molecule has 0 aliphatic carbocycles. The van der Waals surface area contributed by atoms with Crippen LogP contribution in [0.2, 0.25) is 0 Å². The fourth-order valence-corrected chi connectivity index (χ4v) is 2.86. The van der Waals surface area contributed by atoms with E-state index in [4.69, 9.17) is 8.83 Å². The molecule has 0 bridgehead atoms. The Kier molecular flexibility index (Phi) is 2.51. The van der Waals surface area contributed by atoms with Gasteiger partial charge in [0.25, 0.3) is 0 Å². The zero-order valence-electron chi connectivity index (χ0n) is 12.2. The number of phenolic OH excluding ortho intramolecular Hbond substituents is 2. The molecule has 0 amide bonds. The summed E-state index contributed by atoms with van der Waals surface area (Å²) in [4.78, 5) is 0. The molecule has 2 aromatic heterocycles. The van der Waals surface area contributed by atoms with Crippen molar-refractivity contribution in [2.24, 2.45) is 0 Å². The van der Waals surface area contributed by atoms with E-state index in [1.165, 1.54) is 0 Å². The van der Waals surface area contributed by atoms with Gasteiger partial charge in [0.15, 0.2) is 11.5 Å². The van der Waals surface area contributed by atoms with E-state index in [0.717, 1.165) is 21.9 Å². The molecule has 0 radical (unpaired) electrons. The van der Waals surface area contributed by atoms with Crippen LogP contribution in [-0.4, -0.2) is 10.2 Å². The first-order valence-electron chi connectivity index (χ1n) is 6.99. The molecule has 22 heavy (non-hydrogen) atoms. The molecule has 0 spiro atoms. The van der Waals surface area contributed by atoms with E-state index in [1.807, 2.05) is 26.0 Å². The predicted octanol–water partition coefficient (Wildman–Crippen LogP) is 4.87. The maximum Gasteiger partial charge on any atom is 0.173 e. The molecule has 4 nitrogen and oxygen atoms in total. The van der Waals surface area contributed by atoms with E-state index in [0.29, 0.717) is 22.7 Å². The van der Waals surface area contributed by atoms with Gasteiger partial charge in [-0.25, -0.2) is 0 Å². The Balaban J connectivity index is 2.02. The van der Waals surface area contributed by atoms with Crippen molar-refractivity contribution in [2.75, 3.05) is 0 Å². The Morgan fingerprint density at radius 3 is 1.50 bits per heavy atom. The average molecular weight is 294 g/mol. The van der Waals surface area contributed by atoms with E-state index >= 15 is 0 Å². The number of phenols is 2. The lowest BCUT2D eigenvalue weighted by Crippen LogP contribution is -1.77. The van der Waals surface area contributed by atoms with Crippen LogP contribution in [0.1, 0.15) is 11.1 Å². The molecule has 4 heteroatoms. The van der Waals surface area contributed by atoms with Crippen molar-refractivity contribution in [2.45, 2.75) is 13.8 Å². The second-order valence-electron chi connectivity index (χ2n) is 5.47. The van der Waals surface area contributed by atoms with Crippen molar-refractivity contribution in [3.05, 3.63) is 47.5 Å². The van der Waals surface area contributed by atoms with Gasteiger partial charge in [-0.05, 0) is 38.1 Å². The molecule has 0 saturated carbocycles. The minimum Gasteiger partial charge on any atom is -0.508 e. The molecule has 2 aromatic carbocycles. The molecule has 2 heterocycles. The number of hydrogen-bond donors (Lipinski definition) is 2. The normalized spacial score (nSPS) is 11.5. The van der Waals surface area contributed by atoms with Crippen molar-refractivity contribution < 1.29 is 19.0 Å². The number of hydrogen-bond acceptors (Lipinski definition) is 4. The molecule has 4 aromatic rings. The number of aryl methyl sites for hydroxylation is 2. The first-order valence-corrected chi connectivity index (χ1v) is 6.99. The van der Waals surface area contributed by atoms with Crippen LogP contribution in [0.15, 0.2) is 45.2 Å². The maximum atomic E-state index is 9.59. The Hall–Kier alpha value is -2.88. The molecule has 0 saturated heterocycles. The number of furan rings is 2. The summed E-state index contributed by atoms with van der Waals surface area (Å²) in [6.07, 6.45) is 0. The van der Waals surface area contributed by atoms with Crippen LogP contribution in [0.4, 0.5) is 0 Å². The molecule has 0 unspecified atom stereocenters. The van der Waals surface area contributed by atoms with Crippen LogP contribution < -0.4 is 0 Å². The van der Waals surface area contributed by atoms with E-state index in [2.05, 4.69) is 0 Å². The van der Waals surface area contributed by atoms with Gasteiger partial charge in [-0.1, -0.05) is 0 Å². The minimum atomic E-state index is 0.166. The monoisotopic (exact) mass is 294 g/mol. The van der Waals surface area contributed by atoms with E-state index in [1.54, 1.807) is 24.3 Å². The summed E-state index contributed by atoms with van der Waals surface area (Å²) >= 11 is 0. The number of fused-ring (bicyclic) bond motifs is 2. The van der Waals surface area contributed by atoms with Crippen LogP contribution in [0, 0.1) is 13.8 Å². The fraction of sp³-hybridized carbons (Fsp3) is 0.111. The van der Waals surface area contributed by atoms with Crippen LogP contribution >= 0.6 is 0 Å². The molecule has 0 aliphatic rings. The molecule has 0 atom stereocenters. The van der Waals surface area contributed by atoms with Gasteiger partial charge in [0.1, 0.15) is 22.7 Å². The van der Waals surface area contributed by atoms with Gasteiger partial charge in [0.05, 0.1) is 0 Å². The third-order valence-electron chi connectivity index (χ3n) is 4.05. The van der Waals surface area contributed by atoms with Crippen LogP contribution in [0.5, 0.6) is 11.5 Å². The standard InChI is InChI=1S/C18H14O4/c1-9-13-5-3-11(19)7-15(13)21-17(9)18-10(2)14-6-4-12(20)8-16(14)22-18/h3-8,19-20H,1-2H3. The predicted molar refractivity (Wildman–Crippen MR) is 84.2 cm³/mol. The zero-order valence-corrected chi connectivity index (χ0v) is 12.2. The summed E-state index contributed by atoms with van der Waals surface area (Å²) < 4.78 is 11.8. The van der Waals surface area contributed by atoms with Crippen LogP contribution in [0.3, 0.4) is 0 Å². The third kappa shape index (κ3) is 1.70. The second-order valence-corrected chi connectivity index (χ2v) is 5.47. The van der Waals surface area contributed by atoms with Gasteiger partial charge < -0.3 is 19.0 Å². The summed E-state index contributed by atoms with van der Waals surface area (Å²) in [5, 5.41) is 21.1. The van der Waals surface area contributed by atoms with E-state index in [9.17, 15) is 10.2 Å². The Morgan fingerprint density at radius 1 is 0.682 bits per heavy atom. The van der Waals surface area contributed by atoms with Gasteiger partial charge in [0.2, 0.25) is 0 Å². The first kappa shape index (κ1) is 12.8. The van der Waals surface area contributed by atoms with Gasteiger partial charge in [-0.3, -0.25) is 0 Å². The molecular formula is C18H14O4. The highest BCUT2D eigenvalue weighted by molar-refractivity contribution is 5.92. The summed E-state index contributed by atoms with van der Waals surface area (Å²) in [5.41, 5.74) is 3.16. The highest BCUT2D eigenvalue weighted by Crippen LogP contribution is 2.40. The number of aromatic hydroxyl groups is 2. The third-order valence-corrected chi connectivity index (χ3v) is 4.05. The summed E-state index contributed by atoms with van der Waals surface area (Å²) in [6.45, 7) is 3.92. The van der Waals surface area contributed by atoms with Crippen molar-refractivity contribution in [1.82, 2.24) is 0 Å². The molecule has 0 fully saturated rings. The second kappa shape index (κ2) is 4.31. The van der Waals surface area contributed by atoms with E-state index < -0.39 is 0 Å². The largest absolute Gasteiger partial charge is 0.508 e. The molecule has 2 N–H and O–H groups in total. The lowest BCUT2D eigenvalue weighted by Gasteiger charge is -1.95. The van der Waals surface area contributed by atoms with Gasteiger partial charge in [-0.2, -0.15) is 0 Å². The Labute approximate surface area is 126 Å². The lowest BCUT2D eigenvalue weighted by atomic mass is 10.1. The highest BCUT2D eigenvalue weighted by atomic mass is 16.4. The summed E-state index contributed by atoms with van der Waals surface area (Å²) in [6, 6.07) is 10.1. The Bertz CT molecular complexity index is 937. The van der Waals surface area contributed by atoms with Gasteiger partial charge in [0, 0.05) is 34.0 Å². The number of benzene rings is 2. The van der Waals surface area contributed by atoms with Crippen LogP contribution in [0.25, 0.3) is 33.5 Å². The Morgan fingerprint density at radius 2 is 1.09 bits per heavy atom. The SMILES string of the molecule is Cc1c(-c2oc3cc(O)ccc3c2C)oc2cc(O)ccc12. The van der Waals surface area contributed by atoms with E-state index in [-0.39, 0.29) is 11.5 Å².